The molecule has 1 aromatic rings. The topological polar surface area (TPSA) is 75.3 Å². The minimum absolute atomic E-state index is 0.109. The molecule has 2 N–H and O–H groups in total. The van der Waals surface area contributed by atoms with Crippen molar-refractivity contribution in [3.63, 3.8) is 0 Å². The average molecular weight is 326 g/mol. The molecule has 0 saturated heterocycles. The standard InChI is InChI=1S/C16H26N2O3S/c1-12(2)9-10-17-22(20,21)14-8-6-7-13(11-14)15(19)18-16(3,4)5/h6-8,11-12,17H,9-10H2,1-5H3,(H,18,19). The summed E-state index contributed by atoms with van der Waals surface area (Å²) in [5.41, 5.74) is -0.0387. The Hall–Kier alpha value is -1.40. The zero-order valence-electron chi connectivity index (χ0n) is 13.9. The highest BCUT2D eigenvalue weighted by molar-refractivity contribution is 7.89. The molecule has 0 atom stereocenters. The van der Waals surface area contributed by atoms with Crippen molar-refractivity contribution in [2.75, 3.05) is 6.54 Å². The first-order valence-corrected chi connectivity index (χ1v) is 8.92. The van der Waals surface area contributed by atoms with Crippen molar-refractivity contribution in [2.45, 2.75) is 51.5 Å². The van der Waals surface area contributed by atoms with Crippen LogP contribution in [0, 0.1) is 5.92 Å². The summed E-state index contributed by atoms with van der Waals surface area (Å²) in [6, 6.07) is 6.08. The Kier molecular flexibility index (Phi) is 6.14. The number of carbonyl (C=O) groups excluding carboxylic acids is 1. The van der Waals surface area contributed by atoms with Crippen LogP contribution in [0.4, 0.5) is 0 Å². The van der Waals surface area contributed by atoms with E-state index in [0.29, 0.717) is 18.0 Å². The fourth-order valence-corrected chi connectivity index (χ4v) is 2.88. The highest BCUT2D eigenvalue weighted by atomic mass is 32.2. The van der Waals surface area contributed by atoms with Gasteiger partial charge >= 0.3 is 0 Å². The maximum atomic E-state index is 12.2. The minimum atomic E-state index is -3.59. The third-order valence-electron chi connectivity index (χ3n) is 2.91. The SMILES string of the molecule is CC(C)CCNS(=O)(=O)c1cccc(C(=O)NC(C)(C)C)c1. The van der Waals surface area contributed by atoms with Crippen molar-refractivity contribution >= 4 is 15.9 Å². The predicted molar refractivity (Wildman–Crippen MR) is 88.3 cm³/mol. The van der Waals surface area contributed by atoms with Crippen LogP contribution in [0.1, 0.15) is 51.4 Å². The van der Waals surface area contributed by atoms with Crippen LogP contribution in [0.15, 0.2) is 29.2 Å². The first kappa shape index (κ1) is 18.6. The van der Waals surface area contributed by atoms with Gasteiger partial charge in [0.1, 0.15) is 0 Å². The van der Waals surface area contributed by atoms with Gasteiger partial charge in [0.05, 0.1) is 4.90 Å². The zero-order valence-corrected chi connectivity index (χ0v) is 14.8. The summed E-state index contributed by atoms with van der Waals surface area (Å²) in [7, 11) is -3.59. The summed E-state index contributed by atoms with van der Waals surface area (Å²) in [4.78, 5) is 12.2. The molecule has 0 unspecified atom stereocenters. The van der Waals surface area contributed by atoms with Crippen LogP contribution in [-0.4, -0.2) is 26.4 Å². The number of carbonyl (C=O) groups is 1. The molecule has 6 heteroatoms. The summed E-state index contributed by atoms with van der Waals surface area (Å²) in [6.07, 6.45) is 0.767. The summed E-state index contributed by atoms with van der Waals surface area (Å²) < 4.78 is 27.0. The first-order valence-electron chi connectivity index (χ1n) is 7.43. The quantitative estimate of drug-likeness (QED) is 0.843. The van der Waals surface area contributed by atoms with Crippen LogP contribution in [0.25, 0.3) is 0 Å². The van der Waals surface area contributed by atoms with Gasteiger partial charge in [0.2, 0.25) is 10.0 Å². The molecule has 0 saturated carbocycles. The lowest BCUT2D eigenvalue weighted by Crippen LogP contribution is -2.40. The first-order chi connectivity index (χ1) is 10.0. The fraction of sp³-hybridized carbons (Fsp3) is 0.562. The van der Waals surface area contributed by atoms with E-state index < -0.39 is 10.0 Å². The molecular weight excluding hydrogens is 300 g/mol. The van der Waals surface area contributed by atoms with Crippen molar-refractivity contribution in [1.29, 1.82) is 0 Å². The largest absolute Gasteiger partial charge is 0.347 e. The third-order valence-corrected chi connectivity index (χ3v) is 4.37. The lowest BCUT2D eigenvalue weighted by molar-refractivity contribution is 0.0919. The molecule has 0 aliphatic rings. The van der Waals surface area contributed by atoms with Gasteiger partial charge < -0.3 is 5.32 Å². The predicted octanol–water partition coefficient (Wildman–Crippen LogP) is 2.54. The second-order valence-electron chi connectivity index (χ2n) is 6.81. The maximum Gasteiger partial charge on any atom is 0.251 e. The van der Waals surface area contributed by atoms with E-state index >= 15 is 0 Å². The van der Waals surface area contributed by atoms with Crippen molar-refractivity contribution in [3.05, 3.63) is 29.8 Å². The minimum Gasteiger partial charge on any atom is -0.347 e. The summed E-state index contributed by atoms with van der Waals surface area (Å²) in [6.45, 7) is 10.1. The normalized spacial score (nSPS) is 12.5. The highest BCUT2D eigenvalue weighted by Crippen LogP contribution is 2.13. The number of amides is 1. The molecule has 5 nitrogen and oxygen atoms in total. The van der Waals surface area contributed by atoms with Gasteiger partial charge in [-0.1, -0.05) is 19.9 Å². The monoisotopic (exact) mass is 326 g/mol. The van der Waals surface area contributed by atoms with Crippen LogP contribution >= 0.6 is 0 Å². The van der Waals surface area contributed by atoms with E-state index in [0.717, 1.165) is 6.42 Å². The smallest absolute Gasteiger partial charge is 0.251 e. The van der Waals surface area contributed by atoms with E-state index in [1.54, 1.807) is 12.1 Å². The molecule has 22 heavy (non-hydrogen) atoms. The Morgan fingerprint density at radius 3 is 2.41 bits per heavy atom. The number of hydrogen-bond acceptors (Lipinski definition) is 3. The van der Waals surface area contributed by atoms with Crippen molar-refractivity contribution in [2.24, 2.45) is 5.92 Å². The molecule has 1 aromatic carbocycles. The number of rotatable bonds is 6. The Labute approximate surface area is 133 Å². The summed E-state index contributed by atoms with van der Waals surface area (Å²) in [5, 5.41) is 2.82. The molecule has 0 spiro atoms. The lowest BCUT2D eigenvalue weighted by Gasteiger charge is -2.20. The van der Waals surface area contributed by atoms with E-state index in [1.807, 2.05) is 34.6 Å². The molecule has 0 aliphatic heterocycles. The van der Waals surface area contributed by atoms with Crippen molar-refractivity contribution in [3.8, 4) is 0 Å². The Morgan fingerprint density at radius 2 is 1.86 bits per heavy atom. The molecule has 1 rings (SSSR count). The van der Waals surface area contributed by atoms with E-state index in [-0.39, 0.29) is 16.3 Å². The molecular formula is C16H26N2O3S. The third kappa shape index (κ3) is 6.15. The fourth-order valence-electron chi connectivity index (χ4n) is 1.78. The van der Waals surface area contributed by atoms with Gasteiger partial charge in [-0.2, -0.15) is 0 Å². The molecule has 1 amide bonds. The van der Waals surface area contributed by atoms with Gasteiger partial charge in [0.15, 0.2) is 0 Å². The molecule has 124 valence electrons. The Bertz CT molecular complexity index is 617. The average Bonchev–Trinajstić information content (AvgIpc) is 2.36. The van der Waals surface area contributed by atoms with Crippen LogP contribution in [0.3, 0.4) is 0 Å². The van der Waals surface area contributed by atoms with Crippen LogP contribution in [-0.2, 0) is 10.0 Å². The lowest BCUT2D eigenvalue weighted by atomic mass is 10.1. The van der Waals surface area contributed by atoms with Gasteiger partial charge in [-0.15, -0.1) is 0 Å². The van der Waals surface area contributed by atoms with Gasteiger partial charge in [-0.25, -0.2) is 13.1 Å². The van der Waals surface area contributed by atoms with E-state index in [4.69, 9.17) is 0 Å². The maximum absolute atomic E-state index is 12.2. The van der Waals surface area contributed by atoms with E-state index in [9.17, 15) is 13.2 Å². The van der Waals surface area contributed by atoms with Crippen molar-refractivity contribution in [1.82, 2.24) is 10.0 Å². The molecule has 0 bridgehead atoms. The summed E-state index contributed by atoms with van der Waals surface area (Å²) >= 11 is 0. The number of nitrogens with one attached hydrogen (secondary N) is 2. The van der Waals surface area contributed by atoms with Gasteiger partial charge in [-0.3, -0.25) is 4.79 Å². The number of benzene rings is 1. The number of hydrogen-bond donors (Lipinski definition) is 2. The second kappa shape index (κ2) is 7.24. The zero-order chi connectivity index (χ0) is 17.0. The van der Waals surface area contributed by atoms with E-state index in [2.05, 4.69) is 10.0 Å². The van der Waals surface area contributed by atoms with Crippen LogP contribution in [0.5, 0.6) is 0 Å². The van der Waals surface area contributed by atoms with Gasteiger partial charge in [0.25, 0.3) is 5.91 Å². The second-order valence-corrected chi connectivity index (χ2v) is 8.58. The Balaban J connectivity index is 2.89. The molecule has 0 radical (unpaired) electrons. The molecule has 0 fully saturated rings. The van der Waals surface area contributed by atoms with Crippen LogP contribution < -0.4 is 10.0 Å². The van der Waals surface area contributed by atoms with E-state index in [1.165, 1.54) is 12.1 Å². The van der Waals surface area contributed by atoms with Crippen molar-refractivity contribution < 1.29 is 13.2 Å². The molecule has 0 aliphatic carbocycles. The van der Waals surface area contributed by atoms with Crippen LogP contribution in [0.2, 0.25) is 0 Å². The Morgan fingerprint density at radius 1 is 1.23 bits per heavy atom. The molecule has 0 aromatic heterocycles. The van der Waals surface area contributed by atoms with Gasteiger partial charge in [-0.05, 0) is 51.3 Å². The molecule has 0 heterocycles. The number of sulfonamides is 1. The van der Waals surface area contributed by atoms with Gasteiger partial charge in [0, 0.05) is 17.6 Å². The highest BCUT2D eigenvalue weighted by Gasteiger charge is 2.18. The summed E-state index contributed by atoms with van der Waals surface area (Å²) in [5.74, 6) is 0.137.